The van der Waals surface area contributed by atoms with Crippen molar-refractivity contribution in [3.05, 3.63) is 64.5 Å². The Morgan fingerprint density at radius 3 is 2.94 bits per heavy atom. The number of benzene rings is 1. The van der Waals surface area contributed by atoms with E-state index in [1.807, 2.05) is 59.3 Å². The smallest absolute Gasteiger partial charge is 0.239 e. The average Bonchev–Trinajstić information content (AvgIpc) is 3.35. The molecule has 2 aliphatic rings. The highest BCUT2D eigenvalue weighted by Crippen LogP contribution is 2.37. The van der Waals surface area contributed by atoms with Crippen LogP contribution >= 0.6 is 0 Å². The number of nitrogens with one attached hydrogen (secondary N) is 1. The van der Waals surface area contributed by atoms with Gasteiger partial charge in [0.1, 0.15) is 12.3 Å². The van der Waals surface area contributed by atoms with E-state index in [0.29, 0.717) is 39.0 Å². The largest absolute Gasteiger partial charge is 0.494 e. The van der Waals surface area contributed by atoms with Crippen LogP contribution in [0.3, 0.4) is 0 Å². The minimum atomic E-state index is -0.332. The summed E-state index contributed by atoms with van der Waals surface area (Å²) in [7, 11) is 1.93. The third-order valence-electron chi connectivity index (χ3n) is 7.09. The molecule has 3 aromatic rings. The molecule has 4 heterocycles. The number of amides is 2. The molecule has 9 heteroatoms. The van der Waals surface area contributed by atoms with Crippen molar-refractivity contribution in [1.29, 1.82) is 0 Å². The molecular formula is C26H32N6O3. The Bertz CT molecular complexity index is 1260. The predicted molar refractivity (Wildman–Crippen MR) is 130 cm³/mol. The lowest BCUT2D eigenvalue weighted by atomic mass is 9.94. The topological polar surface area (TPSA) is 94.3 Å². The monoisotopic (exact) mass is 476 g/mol. The van der Waals surface area contributed by atoms with Gasteiger partial charge in [0.05, 0.1) is 36.1 Å². The van der Waals surface area contributed by atoms with E-state index in [0.717, 1.165) is 46.1 Å². The summed E-state index contributed by atoms with van der Waals surface area (Å²) in [6.45, 7) is 5.85. The van der Waals surface area contributed by atoms with Gasteiger partial charge in [0.2, 0.25) is 11.8 Å². The number of nitrogens with zero attached hydrogens (tertiary/aromatic N) is 5. The Labute approximate surface area is 205 Å². The molecule has 35 heavy (non-hydrogen) atoms. The van der Waals surface area contributed by atoms with E-state index in [-0.39, 0.29) is 24.4 Å². The second-order valence-electron chi connectivity index (χ2n) is 9.34. The molecule has 0 spiro atoms. The van der Waals surface area contributed by atoms with Gasteiger partial charge in [0, 0.05) is 38.7 Å². The van der Waals surface area contributed by atoms with Gasteiger partial charge in [-0.1, -0.05) is 12.1 Å². The third kappa shape index (κ3) is 4.54. The van der Waals surface area contributed by atoms with E-state index >= 15 is 0 Å². The molecule has 2 aliphatic heterocycles. The van der Waals surface area contributed by atoms with Gasteiger partial charge in [-0.15, -0.1) is 0 Å². The number of fused-ring (bicyclic) bond motifs is 3. The van der Waals surface area contributed by atoms with Crippen molar-refractivity contribution in [3.8, 4) is 5.75 Å². The second kappa shape index (κ2) is 9.56. The van der Waals surface area contributed by atoms with Crippen molar-refractivity contribution < 1.29 is 14.3 Å². The Hall–Kier alpha value is -3.62. The number of carbonyl (C=O) groups is 2. The number of hydrogen-bond donors (Lipinski definition) is 1. The van der Waals surface area contributed by atoms with Gasteiger partial charge in [-0.25, -0.2) is 4.98 Å². The van der Waals surface area contributed by atoms with E-state index in [4.69, 9.17) is 4.74 Å². The van der Waals surface area contributed by atoms with Crippen LogP contribution in [0.15, 0.2) is 30.6 Å². The molecule has 0 saturated carbocycles. The molecule has 1 N–H and O–H groups in total. The molecule has 1 atom stereocenters. The number of hydrogen-bond acceptors (Lipinski definition) is 5. The van der Waals surface area contributed by atoms with E-state index in [9.17, 15) is 9.59 Å². The molecule has 2 aromatic heterocycles. The molecule has 0 fully saturated rings. The van der Waals surface area contributed by atoms with Crippen LogP contribution in [-0.4, -0.2) is 55.7 Å². The van der Waals surface area contributed by atoms with Crippen molar-refractivity contribution in [1.82, 2.24) is 29.5 Å². The van der Waals surface area contributed by atoms with Crippen LogP contribution in [0.25, 0.3) is 0 Å². The molecule has 2 amide bonds. The zero-order chi connectivity index (χ0) is 24.5. The van der Waals surface area contributed by atoms with Crippen LogP contribution in [0.4, 0.5) is 0 Å². The molecule has 0 aliphatic carbocycles. The Morgan fingerprint density at radius 1 is 1.29 bits per heavy atom. The zero-order valence-corrected chi connectivity index (χ0v) is 20.6. The maximum Gasteiger partial charge on any atom is 0.239 e. The Kier molecular flexibility index (Phi) is 6.32. The predicted octanol–water partition coefficient (Wildman–Crippen LogP) is 2.24. The lowest BCUT2D eigenvalue weighted by molar-refractivity contribution is -0.133. The number of ether oxygens (including phenoxy) is 1. The highest BCUT2D eigenvalue weighted by atomic mass is 16.5. The lowest BCUT2D eigenvalue weighted by Crippen LogP contribution is -2.42. The first-order valence-electron chi connectivity index (χ1n) is 12.2. The fraction of sp³-hybridized carbons (Fsp3) is 0.462. The van der Waals surface area contributed by atoms with Gasteiger partial charge in [0.25, 0.3) is 0 Å². The van der Waals surface area contributed by atoms with E-state index in [1.165, 1.54) is 0 Å². The van der Waals surface area contributed by atoms with Crippen LogP contribution in [0.5, 0.6) is 5.75 Å². The van der Waals surface area contributed by atoms with Crippen LogP contribution in [-0.2, 0) is 36.0 Å². The number of aryl methyl sites for hydroxylation is 2. The molecule has 9 nitrogen and oxygen atoms in total. The van der Waals surface area contributed by atoms with Crippen molar-refractivity contribution in [2.45, 2.75) is 52.1 Å². The Balaban J connectivity index is 1.50. The van der Waals surface area contributed by atoms with E-state index < -0.39 is 0 Å². The molecular weight excluding hydrogens is 444 g/mol. The van der Waals surface area contributed by atoms with Crippen molar-refractivity contribution in [2.75, 3.05) is 19.7 Å². The normalized spacial score (nSPS) is 18.0. The third-order valence-corrected chi connectivity index (χ3v) is 7.09. The quantitative estimate of drug-likeness (QED) is 0.626. The zero-order valence-electron chi connectivity index (χ0n) is 20.6. The lowest BCUT2D eigenvalue weighted by Gasteiger charge is -2.37. The molecule has 1 aromatic carbocycles. The summed E-state index contributed by atoms with van der Waals surface area (Å²) < 4.78 is 9.72. The highest BCUT2D eigenvalue weighted by molar-refractivity contribution is 5.78. The molecule has 2 bridgehead atoms. The minimum absolute atomic E-state index is 0.0686. The summed E-state index contributed by atoms with van der Waals surface area (Å²) >= 11 is 0. The van der Waals surface area contributed by atoms with Gasteiger partial charge < -0.3 is 19.5 Å². The maximum absolute atomic E-state index is 13.7. The fourth-order valence-electron chi connectivity index (χ4n) is 5.21. The van der Waals surface area contributed by atoms with Crippen molar-refractivity contribution >= 4 is 11.8 Å². The molecule has 1 unspecified atom stereocenters. The van der Waals surface area contributed by atoms with Gasteiger partial charge in [-0.2, -0.15) is 5.10 Å². The minimum Gasteiger partial charge on any atom is -0.494 e. The summed E-state index contributed by atoms with van der Waals surface area (Å²) in [6.07, 6.45) is 4.15. The summed E-state index contributed by atoms with van der Waals surface area (Å²) in [5.41, 5.74) is 6.00. The molecule has 0 saturated heterocycles. The summed E-state index contributed by atoms with van der Waals surface area (Å²) in [5, 5.41) is 7.45. The first kappa shape index (κ1) is 23.1. The number of rotatable bonds is 3. The standard InChI is InChI=1S/C26H32N6O3/c1-17-21(18(2)30(3)29-17)8-9-24(34)32-12-10-22-26-25(32)19-6-4-7-20(14-19)35-13-5-11-27-23(33)15-31(26)16-28-22/h4,6-7,14,16,25H,5,8-13,15H2,1-3H3,(H,27,33). The van der Waals surface area contributed by atoms with Crippen LogP contribution in [0.2, 0.25) is 0 Å². The second-order valence-corrected chi connectivity index (χ2v) is 9.34. The highest BCUT2D eigenvalue weighted by Gasteiger charge is 2.36. The molecule has 184 valence electrons. The van der Waals surface area contributed by atoms with Gasteiger partial charge in [0.15, 0.2) is 0 Å². The van der Waals surface area contributed by atoms with Crippen molar-refractivity contribution in [2.24, 2.45) is 7.05 Å². The Morgan fingerprint density at radius 2 is 2.14 bits per heavy atom. The van der Waals surface area contributed by atoms with Crippen LogP contribution in [0.1, 0.15) is 52.8 Å². The number of aromatic nitrogens is 4. The van der Waals surface area contributed by atoms with Crippen LogP contribution in [0, 0.1) is 13.8 Å². The first-order chi connectivity index (χ1) is 16.9. The van der Waals surface area contributed by atoms with E-state index in [2.05, 4.69) is 15.4 Å². The van der Waals surface area contributed by atoms with Gasteiger partial charge in [-0.3, -0.25) is 14.3 Å². The van der Waals surface area contributed by atoms with Crippen molar-refractivity contribution in [3.63, 3.8) is 0 Å². The maximum atomic E-state index is 13.7. The van der Waals surface area contributed by atoms with Gasteiger partial charge in [-0.05, 0) is 49.9 Å². The molecule has 5 rings (SSSR count). The first-order valence-corrected chi connectivity index (χ1v) is 12.2. The van der Waals surface area contributed by atoms with E-state index in [1.54, 1.807) is 6.33 Å². The summed E-state index contributed by atoms with van der Waals surface area (Å²) in [4.78, 5) is 32.9. The SMILES string of the molecule is Cc1nn(C)c(C)c1CCC(=O)N1CCc2ncn3c2C1c1cccc(c1)OCCCNC(=O)C3. The van der Waals surface area contributed by atoms with Crippen LogP contribution < -0.4 is 10.1 Å². The summed E-state index contributed by atoms with van der Waals surface area (Å²) in [5.74, 6) is 0.775. The summed E-state index contributed by atoms with van der Waals surface area (Å²) in [6, 6.07) is 7.61. The fourth-order valence-corrected chi connectivity index (χ4v) is 5.21. The molecule has 0 radical (unpaired) electrons. The average molecular weight is 477 g/mol. The number of imidazole rings is 1. The number of carbonyl (C=O) groups excluding carboxylic acids is 2. The van der Waals surface area contributed by atoms with Gasteiger partial charge >= 0.3 is 0 Å².